The topological polar surface area (TPSA) is 15.8 Å². The number of nitrogens with one attached hydrogen (secondary N) is 1. The lowest BCUT2D eigenvalue weighted by atomic mass is 9.73. The first kappa shape index (κ1) is 17.6. The number of H-pyrrole nitrogens is 1. The number of hydrogen-bond acceptors (Lipinski definition) is 0. The van der Waals surface area contributed by atoms with Gasteiger partial charge in [0.25, 0.3) is 0 Å². The van der Waals surface area contributed by atoms with Gasteiger partial charge in [-0.2, -0.15) is 0 Å². The highest BCUT2D eigenvalue weighted by Gasteiger charge is 2.40. The summed E-state index contributed by atoms with van der Waals surface area (Å²) < 4.78 is 0. The summed E-state index contributed by atoms with van der Waals surface area (Å²) in [4.78, 5) is 3.73. The number of hydrogen-bond donors (Lipinski definition) is 1. The smallest absolute Gasteiger partial charge is 0.0459 e. The Balaban J connectivity index is 1.83. The first-order chi connectivity index (χ1) is 11.8. The molecule has 1 aromatic carbocycles. The Morgan fingerprint density at radius 3 is 2.21 bits per heavy atom. The highest BCUT2D eigenvalue weighted by Crippen LogP contribution is 2.49. The number of aromatic amines is 1. The van der Waals surface area contributed by atoms with Gasteiger partial charge >= 0.3 is 0 Å². The summed E-state index contributed by atoms with van der Waals surface area (Å²) in [6.07, 6.45) is 16.5. The van der Waals surface area contributed by atoms with Crippen LogP contribution in [0.15, 0.2) is 24.3 Å². The fraction of sp³-hybridized carbons (Fsp3) is 0.652. The van der Waals surface area contributed by atoms with Crippen LogP contribution >= 0.6 is 0 Å². The zero-order valence-corrected chi connectivity index (χ0v) is 15.8. The largest absolute Gasteiger partial charge is 0.358 e. The van der Waals surface area contributed by atoms with Crippen molar-refractivity contribution in [3.63, 3.8) is 0 Å². The van der Waals surface area contributed by atoms with Crippen molar-refractivity contribution < 1.29 is 0 Å². The number of aryl methyl sites for hydroxylation is 1. The Labute approximate surface area is 148 Å². The monoisotopic (exact) mass is 325 g/mol. The van der Waals surface area contributed by atoms with Crippen molar-refractivity contribution in [2.45, 2.75) is 96.3 Å². The normalized spacial score (nSPS) is 15.9. The van der Waals surface area contributed by atoms with Crippen molar-refractivity contribution in [3.8, 4) is 0 Å². The molecule has 0 unspecified atom stereocenters. The number of rotatable bonds is 10. The minimum atomic E-state index is 0.455. The van der Waals surface area contributed by atoms with E-state index in [2.05, 4.69) is 43.1 Å². The van der Waals surface area contributed by atoms with Crippen molar-refractivity contribution in [3.05, 3.63) is 35.5 Å². The van der Waals surface area contributed by atoms with Gasteiger partial charge in [-0.3, -0.25) is 0 Å². The van der Waals surface area contributed by atoms with Crippen LogP contribution in [0.25, 0.3) is 10.9 Å². The molecule has 0 saturated heterocycles. The second-order valence-electron chi connectivity index (χ2n) is 7.93. The third-order valence-electron chi connectivity index (χ3n) is 6.19. The Hall–Kier alpha value is -1.24. The highest BCUT2D eigenvalue weighted by molar-refractivity contribution is 5.86. The molecule has 0 bridgehead atoms. The molecule has 1 nitrogen and oxygen atoms in total. The number of fused-ring (bicyclic) bond motifs is 3. The summed E-state index contributed by atoms with van der Waals surface area (Å²) in [5.74, 6) is 0. The van der Waals surface area contributed by atoms with E-state index in [1.165, 1.54) is 88.0 Å². The van der Waals surface area contributed by atoms with Gasteiger partial charge in [-0.1, -0.05) is 83.4 Å². The number of benzene rings is 1. The van der Waals surface area contributed by atoms with Gasteiger partial charge in [0.15, 0.2) is 0 Å². The van der Waals surface area contributed by atoms with Crippen LogP contribution in [0.5, 0.6) is 0 Å². The predicted octanol–water partition coefficient (Wildman–Crippen LogP) is 7.29. The molecule has 0 spiro atoms. The molecule has 1 heteroatoms. The van der Waals surface area contributed by atoms with E-state index in [9.17, 15) is 0 Å². The van der Waals surface area contributed by atoms with Crippen molar-refractivity contribution >= 4 is 10.9 Å². The molecule has 2 aromatic rings. The van der Waals surface area contributed by atoms with E-state index in [1.807, 2.05) is 0 Å². The maximum Gasteiger partial charge on any atom is 0.0459 e. The lowest BCUT2D eigenvalue weighted by molar-refractivity contribution is 0.334. The molecular formula is C23H35N. The van der Waals surface area contributed by atoms with E-state index < -0.39 is 0 Å². The summed E-state index contributed by atoms with van der Waals surface area (Å²) in [6, 6.07) is 8.99. The van der Waals surface area contributed by atoms with Gasteiger partial charge in [-0.05, 0) is 42.7 Å². The van der Waals surface area contributed by atoms with Crippen LogP contribution in [-0.2, 0) is 11.8 Å². The van der Waals surface area contributed by atoms with E-state index in [0.29, 0.717) is 5.41 Å². The van der Waals surface area contributed by atoms with E-state index >= 15 is 0 Å². The zero-order chi connectivity index (χ0) is 16.8. The van der Waals surface area contributed by atoms with Crippen LogP contribution in [0.4, 0.5) is 0 Å². The van der Waals surface area contributed by atoms with Crippen molar-refractivity contribution in [2.24, 2.45) is 0 Å². The van der Waals surface area contributed by atoms with Gasteiger partial charge in [-0.15, -0.1) is 0 Å². The molecule has 132 valence electrons. The first-order valence-electron chi connectivity index (χ1n) is 10.4. The maximum absolute atomic E-state index is 3.73. The van der Waals surface area contributed by atoms with Gasteiger partial charge in [0.05, 0.1) is 0 Å². The Morgan fingerprint density at radius 1 is 0.875 bits per heavy atom. The molecule has 0 fully saturated rings. The second kappa shape index (κ2) is 8.23. The van der Waals surface area contributed by atoms with Crippen LogP contribution in [0.1, 0.15) is 95.7 Å². The third kappa shape index (κ3) is 3.55. The lowest BCUT2D eigenvalue weighted by Crippen LogP contribution is -2.23. The molecular weight excluding hydrogens is 290 g/mol. The molecule has 1 aliphatic rings. The SMILES string of the molecule is CCCCCCC1(CCCCCC)CCc2[nH]c3ccccc3c21. The van der Waals surface area contributed by atoms with Crippen molar-refractivity contribution in [1.29, 1.82) is 0 Å². The predicted molar refractivity (Wildman–Crippen MR) is 106 cm³/mol. The van der Waals surface area contributed by atoms with Crippen LogP contribution in [0, 0.1) is 0 Å². The van der Waals surface area contributed by atoms with Crippen molar-refractivity contribution in [2.75, 3.05) is 0 Å². The number of unbranched alkanes of at least 4 members (excludes halogenated alkanes) is 6. The van der Waals surface area contributed by atoms with Gasteiger partial charge in [0, 0.05) is 16.6 Å². The summed E-state index contributed by atoms with van der Waals surface area (Å²) in [6.45, 7) is 4.63. The quantitative estimate of drug-likeness (QED) is 0.441. The van der Waals surface area contributed by atoms with Crippen LogP contribution < -0.4 is 0 Å². The summed E-state index contributed by atoms with van der Waals surface area (Å²) in [5, 5.41) is 1.51. The summed E-state index contributed by atoms with van der Waals surface area (Å²) in [5.41, 5.74) is 5.05. The molecule has 0 amide bonds. The molecule has 0 radical (unpaired) electrons. The maximum atomic E-state index is 3.73. The average molecular weight is 326 g/mol. The van der Waals surface area contributed by atoms with E-state index in [0.717, 1.165) is 0 Å². The van der Waals surface area contributed by atoms with Crippen LogP contribution in [0.3, 0.4) is 0 Å². The van der Waals surface area contributed by atoms with E-state index in [4.69, 9.17) is 0 Å². The molecule has 1 heterocycles. The fourth-order valence-electron chi connectivity index (χ4n) is 4.89. The Morgan fingerprint density at radius 2 is 1.54 bits per heavy atom. The standard InChI is InChI=1S/C23H35N/c1-3-5-7-11-16-23(17-12-8-6-4-2)18-15-21-22(23)19-13-9-10-14-20(19)24-21/h9-10,13-14,24H,3-8,11-12,15-18H2,1-2H3. The van der Waals surface area contributed by atoms with Crippen LogP contribution in [0.2, 0.25) is 0 Å². The zero-order valence-electron chi connectivity index (χ0n) is 15.8. The average Bonchev–Trinajstić information content (AvgIpc) is 3.14. The van der Waals surface area contributed by atoms with Crippen LogP contribution in [-0.4, -0.2) is 4.98 Å². The van der Waals surface area contributed by atoms with Gasteiger partial charge in [0.1, 0.15) is 0 Å². The summed E-state index contributed by atoms with van der Waals surface area (Å²) in [7, 11) is 0. The molecule has 1 aliphatic carbocycles. The van der Waals surface area contributed by atoms with E-state index in [1.54, 1.807) is 11.3 Å². The summed E-state index contributed by atoms with van der Waals surface area (Å²) >= 11 is 0. The molecule has 0 saturated carbocycles. The highest BCUT2D eigenvalue weighted by atomic mass is 14.7. The Kier molecular flexibility index (Phi) is 6.03. The molecule has 1 N–H and O–H groups in total. The molecule has 0 aliphatic heterocycles. The lowest BCUT2D eigenvalue weighted by Gasteiger charge is -2.31. The number of para-hydroxylation sites is 1. The molecule has 24 heavy (non-hydrogen) atoms. The molecule has 0 atom stereocenters. The molecule has 1 aromatic heterocycles. The third-order valence-corrected chi connectivity index (χ3v) is 6.19. The Bertz CT molecular complexity index is 625. The fourth-order valence-corrected chi connectivity index (χ4v) is 4.89. The van der Waals surface area contributed by atoms with E-state index in [-0.39, 0.29) is 0 Å². The minimum absolute atomic E-state index is 0.455. The first-order valence-corrected chi connectivity index (χ1v) is 10.4. The van der Waals surface area contributed by atoms with Gasteiger partial charge < -0.3 is 4.98 Å². The van der Waals surface area contributed by atoms with Gasteiger partial charge in [-0.25, -0.2) is 0 Å². The minimum Gasteiger partial charge on any atom is -0.358 e. The second-order valence-corrected chi connectivity index (χ2v) is 7.93. The van der Waals surface area contributed by atoms with Crippen molar-refractivity contribution in [1.82, 2.24) is 4.98 Å². The van der Waals surface area contributed by atoms with Gasteiger partial charge in [0.2, 0.25) is 0 Å². The molecule has 3 rings (SSSR count). The number of aromatic nitrogens is 1.